The average Bonchev–Trinajstić information content (AvgIpc) is 2.67. The molecule has 4 aromatic rings. The number of benzene rings is 1. The second kappa shape index (κ2) is 6.28. The van der Waals surface area contributed by atoms with E-state index >= 15 is 0 Å². The number of para-hydroxylation sites is 1. The molecule has 2 N–H and O–H groups in total. The monoisotopic (exact) mass is 327 g/mol. The molecule has 1 aromatic carbocycles. The molecule has 0 saturated heterocycles. The van der Waals surface area contributed by atoms with Crippen LogP contribution >= 0.6 is 0 Å². The predicted molar refractivity (Wildman–Crippen MR) is 99.8 cm³/mol. The van der Waals surface area contributed by atoms with Crippen LogP contribution in [0.1, 0.15) is 12.6 Å². The minimum absolute atomic E-state index is 0.493. The van der Waals surface area contributed by atoms with Crippen molar-refractivity contribution < 1.29 is 0 Å². The fourth-order valence-corrected chi connectivity index (χ4v) is 2.97. The first-order chi connectivity index (χ1) is 12.3. The summed E-state index contributed by atoms with van der Waals surface area (Å²) in [6.45, 7) is 2.08. The number of anilines is 1. The summed E-state index contributed by atoms with van der Waals surface area (Å²) >= 11 is 0. The third kappa shape index (κ3) is 2.80. The van der Waals surface area contributed by atoms with Crippen molar-refractivity contribution in [3.8, 4) is 22.4 Å². The number of aromatic nitrogens is 4. The van der Waals surface area contributed by atoms with Gasteiger partial charge in [-0.2, -0.15) is 0 Å². The van der Waals surface area contributed by atoms with Gasteiger partial charge in [-0.25, -0.2) is 15.0 Å². The predicted octanol–water partition coefficient (Wildman–Crippen LogP) is 3.90. The van der Waals surface area contributed by atoms with Gasteiger partial charge in [0.2, 0.25) is 0 Å². The molecule has 0 amide bonds. The van der Waals surface area contributed by atoms with E-state index in [1.807, 2.05) is 30.5 Å². The van der Waals surface area contributed by atoms with Crippen molar-refractivity contribution in [1.82, 2.24) is 19.9 Å². The standard InChI is InChI=1S/C20H17N5/c1-2-16-19(14-7-8-18(21)23-10-14)20(25-12-24-16)15-9-13-5-3-4-6-17(13)22-11-15/h3-12H,2H2,1H3,(H2,21,23). The third-order valence-electron chi connectivity index (χ3n) is 4.20. The second-order valence-corrected chi connectivity index (χ2v) is 5.79. The molecule has 122 valence electrons. The highest BCUT2D eigenvalue weighted by Crippen LogP contribution is 2.33. The highest BCUT2D eigenvalue weighted by Gasteiger charge is 2.15. The first kappa shape index (κ1) is 15.2. The van der Waals surface area contributed by atoms with E-state index in [1.165, 1.54) is 0 Å². The lowest BCUT2D eigenvalue weighted by molar-refractivity contribution is 1.00. The van der Waals surface area contributed by atoms with Gasteiger partial charge in [0.15, 0.2) is 0 Å². The van der Waals surface area contributed by atoms with Gasteiger partial charge in [0.05, 0.1) is 16.9 Å². The normalized spacial score (nSPS) is 10.9. The molecule has 3 aromatic heterocycles. The average molecular weight is 327 g/mol. The molecule has 0 radical (unpaired) electrons. The fraction of sp³-hybridized carbons (Fsp3) is 0.100. The van der Waals surface area contributed by atoms with E-state index in [0.29, 0.717) is 5.82 Å². The molecule has 25 heavy (non-hydrogen) atoms. The summed E-state index contributed by atoms with van der Waals surface area (Å²) in [5.41, 5.74) is 11.4. The van der Waals surface area contributed by atoms with Gasteiger partial charge in [0, 0.05) is 34.5 Å². The number of rotatable bonds is 3. The Balaban J connectivity index is 1.95. The fourth-order valence-electron chi connectivity index (χ4n) is 2.97. The summed E-state index contributed by atoms with van der Waals surface area (Å²) in [7, 11) is 0. The van der Waals surface area contributed by atoms with Gasteiger partial charge in [-0.05, 0) is 30.7 Å². The second-order valence-electron chi connectivity index (χ2n) is 5.79. The molecular formula is C20H17N5. The minimum atomic E-state index is 0.493. The van der Waals surface area contributed by atoms with E-state index in [2.05, 4.69) is 39.0 Å². The van der Waals surface area contributed by atoms with Crippen LogP contribution in [0, 0.1) is 0 Å². The van der Waals surface area contributed by atoms with Gasteiger partial charge < -0.3 is 5.73 Å². The minimum Gasteiger partial charge on any atom is -0.384 e. The number of pyridine rings is 2. The molecular weight excluding hydrogens is 310 g/mol. The Morgan fingerprint density at radius 3 is 2.52 bits per heavy atom. The van der Waals surface area contributed by atoms with Gasteiger partial charge >= 0.3 is 0 Å². The number of aryl methyl sites for hydroxylation is 1. The maximum absolute atomic E-state index is 5.73. The van der Waals surface area contributed by atoms with Crippen molar-refractivity contribution >= 4 is 16.7 Å². The number of hydrogen-bond acceptors (Lipinski definition) is 5. The first-order valence-electron chi connectivity index (χ1n) is 8.17. The Bertz CT molecular complexity index is 1040. The van der Waals surface area contributed by atoms with Gasteiger partial charge in [-0.3, -0.25) is 4.98 Å². The van der Waals surface area contributed by atoms with Crippen LogP contribution in [-0.2, 0) is 6.42 Å². The summed E-state index contributed by atoms with van der Waals surface area (Å²) in [6.07, 6.45) is 6.04. The van der Waals surface area contributed by atoms with Crippen LogP contribution < -0.4 is 5.73 Å². The Labute approximate surface area is 145 Å². The van der Waals surface area contributed by atoms with Crippen LogP contribution in [0.5, 0.6) is 0 Å². The molecule has 0 aliphatic carbocycles. The lowest BCUT2D eigenvalue weighted by Gasteiger charge is -2.13. The molecule has 0 atom stereocenters. The van der Waals surface area contributed by atoms with Crippen molar-refractivity contribution in [1.29, 1.82) is 0 Å². The number of nitrogen functional groups attached to an aromatic ring is 1. The quantitative estimate of drug-likeness (QED) is 0.617. The van der Waals surface area contributed by atoms with Gasteiger partial charge in [0.1, 0.15) is 12.1 Å². The van der Waals surface area contributed by atoms with Gasteiger partial charge in [-0.15, -0.1) is 0 Å². The zero-order valence-corrected chi connectivity index (χ0v) is 13.8. The molecule has 0 fully saturated rings. The highest BCUT2D eigenvalue weighted by molar-refractivity contribution is 5.87. The van der Waals surface area contributed by atoms with E-state index in [0.717, 1.165) is 45.4 Å². The summed E-state index contributed by atoms with van der Waals surface area (Å²) in [5, 5.41) is 1.08. The van der Waals surface area contributed by atoms with Crippen molar-refractivity contribution in [2.75, 3.05) is 5.73 Å². The molecule has 0 saturated carbocycles. The lowest BCUT2D eigenvalue weighted by Crippen LogP contribution is -2.00. The largest absolute Gasteiger partial charge is 0.384 e. The third-order valence-corrected chi connectivity index (χ3v) is 4.20. The lowest BCUT2D eigenvalue weighted by atomic mass is 9.98. The molecule has 0 bridgehead atoms. The van der Waals surface area contributed by atoms with E-state index in [4.69, 9.17) is 5.73 Å². The van der Waals surface area contributed by atoms with E-state index in [-0.39, 0.29) is 0 Å². The molecule has 3 heterocycles. The van der Waals surface area contributed by atoms with Gasteiger partial charge in [-0.1, -0.05) is 25.1 Å². The maximum Gasteiger partial charge on any atom is 0.123 e. The topological polar surface area (TPSA) is 77.6 Å². The van der Waals surface area contributed by atoms with Crippen LogP contribution in [0.4, 0.5) is 5.82 Å². The molecule has 4 rings (SSSR count). The Morgan fingerprint density at radius 2 is 1.72 bits per heavy atom. The SMILES string of the molecule is CCc1ncnc(-c2cnc3ccccc3c2)c1-c1ccc(N)nc1. The number of fused-ring (bicyclic) bond motifs is 1. The summed E-state index contributed by atoms with van der Waals surface area (Å²) in [6, 6.07) is 13.9. The van der Waals surface area contributed by atoms with Gasteiger partial charge in [0.25, 0.3) is 0 Å². The zero-order valence-electron chi connectivity index (χ0n) is 13.8. The van der Waals surface area contributed by atoms with Crippen LogP contribution in [0.3, 0.4) is 0 Å². The molecule has 0 unspecified atom stereocenters. The molecule has 0 aliphatic rings. The van der Waals surface area contributed by atoms with Crippen molar-refractivity contribution in [3.05, 3.63) is 66.9 Å². The molecule has 5 nitrogen and oxygen atoms in total. The molecule has 0 aliphatic heterocycles. The van der Waals surface area contributed by atoms with E-state index in [9.17, 15) is 0 Å². The van der Waals surface area contributed by atoms with Crippen molar-refractivity contribution in [3.63, 3.8) is 0 Å². The van der Waals surface area contributed by atoms with Crippen LogP contribution in [-0.4, -0.2) is 19.9 Å². The Kier molecular flexibility index (Phi) is 3.82. The Morgan fingerprint density at radius 1 is 0.880 bits per heavy atom. The number of nitrogens with zero attached hydrogens (tertiary/aromatic N) is 4. The van der Waals surface area contributed by atoms with Crippen LogP contribution in [0.15, 0.2) is 61.2 Å². The summed E-state index contributed by atoms with van der Waals surface area (Å²) in [5.74, 6) is 0.493. The molecule has 0 spiro atoms. The Hall–Kier alpha value is -3.34. The van der Waals surface area contributed by atoms with E-state index < -0.39 is 0 Å². The number of nitrogens with two attached hydrogens (primary N) is 1. The molecule has 5 heteroatoms. The van der Waals surface area contributed by atoms with Crippen LogP contribution in [0.2, 0.25) is 0 Å². The van der Waals surface area contributed by atoms with Crippen molar-refractivity contribution in [2.45, 2.75) is 13.3 Å². The van der Waals surface area contributed by atoms with E-state index in [1.54, 1.807) is 18.6 Å². The van der Waals surface area contributed by atoms with Crippen molar-refractivity contribution in [2.24, 2.45) is 0 Å². The first-order valence-corrected chi connectivity index (χ1v) is 8.17. The maximum atomic E-state index is 5.73. The van der Waals surface area contributed by atoms with Crippen LogP contribution in [0.25, 0.3) is 33.3 Å². The zero-order chi connectivity index (χ0) is 17.2. The summed E-state index contributed by atoms with van der Waals surface area (Å²) in [4.78, 5) is 17.8. The highest BCUT2D eigenvalue weighted by atomic mass is 14.9. The summed E-state index contributed by atoms with van der Waals surface area (Å²) < 4.78 is 0. The smallest absolute Gasteiger partial charge is 0.123 e. The number of hydrogen-bond donors (Lipinski definition) is 1.